The first-order valence-electron chi connectivity index (χ1n) is 10.0. The number of carbonyl (C=O) groups is 1. The zero-order chi connectivity index (χ0) is 21.4. The molecule has 4 aromatic rings. The normalized spacial score (nSPS) is 13.7. The van der Waals surface area contributed by atoms with E-state index in [0.29, 0.717) is 33.8 Å². The van der Waals surface area contributed by atoms with Crippen molar-refractivity contribution in [1.29, 1.82) is 0 Å². The van der Waals surface area contributed by atoms with Crippen LogP contribution in [0.5, 0.6) is 0 Å². The number of benzene rings is 2. The Bertz CT molecular complexity index is 1280. The molecule has 1 saturated heterocycles. The minimum absolute atomic E-state index is 0.193. The molecule has 0 unspecified atom stereocenters. The van der Waals surface area contributed by atoms with E-state index >= 15 is 0 Å². The van der Waals surface area contributed by atoms with E-state index in [9.17, 15) is 13.6 Å². The van der Waals surface area contributed by atoms with E-state index in [2.05, 4.69) is 20.3 Å². The molecule has 0 saturated carbocycles. The molecule has 8 heteroatoms. The van der Waals surface area contributed by atoms with Gasteiger partial charge in [-0.15, -0.1) is 0 Å². The monoisotopic (exact) mass is 419 g/mol. The number of urea groups is 1. The lowest BCUT2D eigenvalue weighted by atomic mass is 10.1. The zero-order valence-corrected chi connectivity index (χ0v) is 16.5. The van der Waals surface area contributed by atoms with Crippen LogP contribution in [0.2, 0.25) is 0 Å². The number of imidazole rings is 1. The quantitative estimate of drug-likeness (QED) is 0.479. The predicted molar refractivity (Wildman–Crippen MR) is 115 cm³/mol. The number of rotatable bonds is 3. The fourth-order valence-electron chi connectivity index (χ4n) is 3.76. The van der Waals surface area contributed by atoms with Crippen LogP contribution in [0, 0.1) is 11.6 Å². The van der Waals surface area contributed by atoms with E-state index in [1.807, 2.05) is 0 Å². The Labute approximate surface area is 176 Å². The molecule has 2 aromatic heterocycles. The van der Waals surface area contributed by atoms with E-state index in [0.717, 1.165) is 25.9 Å². The van der Waals surface area contributed by atoms with Gasteiger partial charge in [-0.25, -0.2) is 23.5 Å². The number of H-pyrrole nitrogens is 1. The Balaban J connectivity index is 1.46. The van der Waals surface area contributed by atoms with Gasteiger partial charge in [-0.1, -0.05) is 12.1 Å². The van der Waals surface area contributed by atoms with Crippen molar-refractivity contribution in [3.8, 4) is 22.5 Å². The van der Waals surface area contributed by atoms with E-state index in [1.54, 1.807) is 35.4 Å². The van der Waals surface area contributed by atoms with Crippen LogP contribution in [-0.2, 0) is 0 Å². The maximum atomic E-state index is 14.6. The SMILES string of the molecule is O=C(Nc1ccc(F)c(-c2nc3ncc(-c4cccc(F)c4)cc3[nH]2)c1)N1CCCC1. The molecule has 0 radical (unpaired) electrons. The molecule has 156 valence electrons. The number of halogens is 2. The topological polar surface area (TPSA) is 73.9 Å². The molecule has 3 heterocycles. The summed E-state index contributed by atoms with van der Waals surface area (Å²) in [6.07, 6.45) is 3.59. The van der Waals surface area contributed by atoms with Gasteiger partial charge >= 0.3 is 6.03 Å². The van der Waals surface area contributed by atoms with E-state index < -0.39 is 5.82 Å². The summed E-state index contributed by atoms with van der Waals surface area (Å²) < 4.78 is 28.1. The minimum atomic E-state index is -0.469. The lowest BCUT2D eigenvalue weighted by Crippen LogP contribution is -2.32. The van der Waals surface area contributed by atoms with Crippen molar-refractivity contribution in [2.45, 2.75) is 12.8 Å². The molecule has 5 rings (SSSR count). The summed E-state index contributed by atoms with van der Waals surface area (Å²) >= 11 is 0. The number of carbonyl (C=O) groups excluding carboxylic acids is 1. The number of fused-ring (bicyclic) bond motifs is 1. The summed E-state index contributed by atoms with van der Waals surface area (Å²) in [7, 11) is 0. The number of pyridine rings is 1. The van der Waals surface area contributed by atoms with Gasteiger partial charge in [-0.3, -0.25) is 0 Å². The lowest BCUT2D eigenvalue weighted by Gasteiger charge is -2.16. The van der Waals surface area contributed by atoms with Crippen molar-refractivity contribution in [2.75, 3.05) is 18.4 Å². The first-order chi connectivity index (χ1) is 15.1. The Morgan fingerprint density at radius 1 is 1.03 bits per heavy atom. The summed E-state index contributed by atoms with van der Waals surface area (Å²) in [5, 5.41) is 2.82. The summed E-state index contributed by atoms with van der Waals surface area (Å²) in [5.74, 6) is -0.505. The number of hydrogen-bond donors (Lipinski definition) is 2. The van der Waals surface area contributed by atoms with Crippen molar-refractivity contribution in [2.24, 2.45) is 0 Å². The highest BCUT2D eigenvalue weighted by atomic mass is 19.1. The first kappa shape index (κ1) is 19.2. The highest BCUT2D eigenvalue weighted by Gasteiger charge is 2.19. The standard InChI is InChI=1S/C23H19F2N5O/c24-16-5-3-4-14(10-16)15-11-20-22(26-13-15)29-21(28-20)18-12-17(6-7-19(18)25)27-23(31)30-8-1-2-9-30/h3-7,10-13H,1-2,8-9H2,(H,27,31)(H,26,28,29). The molecule has 0 atom stereocenters. The number of aromatic nitrogens is 3. The Hall–Kier alpha value is -3.81. The molecule has 2 N–H and O–H groups in total. The molecule has 1 fully saturated rings. The second-order valence-electron chi connectivity index (χ2n) is 7.51. The smallest absolute Gasteiger partial charge is 0.321 e. The maximum absolute atomic E-state index is 14.6. The Kier molecular flexibility index (Phi) is 4.82. The Morgan fingerprint density at radius 3 is 2.68 bits per heavy atom. The molecule has 1 aliphatic rings. The third kappa shape index (κ3) is 3.84. The van der Waals surface area contributed by atoms with Crippen LogP contribution >= 0.6 is 0 Å². The number of hydrogen-bond acceptors (Lipinski definition) is 3. The van der Waals surface area contributed by atoms with Gasteiger partial charge in [0.05, 0.1) is 11.1 Å². The maximum Gasteiger partial charge on any atom is 0.321 e. The van der Waals surface area contributed by atoms with Crippen LogP contribution in [0.1, 0.15) is 12.8 Å². The van der Waals surface area contributed by atoms with Gasteiger partial charge in [-0.05, 0) is 54.8 Å². The molecule has 0 aliphatic carbocycles. The predicted octanol–water partition coefficient (Wildman–Crippen LogP) is 5.20. The molecule has 1 aliphatic heterocycles. The number of nitrogens with one attached hydrogen (secondary N) is 2. The van der Waals surface area contributed by atoms with Gasteiger partial charge in [0.1, 0.15) is 17.5 Å². The van der Waals surface area contributed by atoms with Crippen LogP contribution in [0.15, 0.2) is 54.7 Å². The summed E-state index contributed by atoms with van der Waals surface area (Å²) in [5.41, 5.74) is 3.13. The van der Waals surface area contributed by atoms with Crippen LogP contribution in [0.4, 0.5) is 19.3 Å². The molecule has 6 nitrogen and oxygen atoms in total. The van der Waals surface area contributed by atoms with Gasteiger partial charge < -0.3 is 15.2 Å². The molecular formula is C23H19F2N5O. The summed E-state index contributed by atoms with van der Waals surface area (Å²) in [6, 6.07) is 12.2. The van der Waals surface area contributed by atoms with Crippen LogP contribution in [-0.4, -0.2) is 39.0 Å². The molecular weight excluding hydrogens is 400 g/mol. The zero-order valence-electron chi connectivity index (χ0n) is 16.5. The second kappa shape index (κ2) is 7.79. The molecule has 0 spiro atoms. The fourth-order valence-corrected chi connectivity index (χ4v) is 3.76. The average molecular weight is 419 g/mol. The van der Waals surface area contributed by atoms with Gasteiger partial charge in [0.2, 0.25) is 0 Å². The van der Waals surface area contributed by atoms with E-state index in [1.165, 1.54) is 24.3 Å². The van der Waals surface area contributed by atoms with Crippen molar-refractivity contribution < 1.29 is 13.6 Å². The average Bonchev–Trinajstić information content (AvgIpc) is 3.44. The van der Waals surface area contributed by atoms with Crippen molar-refractivity contribution in [3.63, 3.8) is 0 Å². The van der Waals surface area contributed by atoms with Gasteiger partial charge in [0.25, 0.3) is 0 Å². The fraction of sp³-hybridized carbons (Fsp3) is 0.174. The number of aromatic amines is 1. The third-order valence-electron chi connectivity index (χ3n) is 5.36. The van der Waals surface area contributed by atoms with Gasteiger partial charge in [0.15, 0.2) is 5.65 Å². The highest BCUT2D eigenvalue weighted by molar-refractivity contribution is 5.90. The van der Waals surface area contributed by atoms with Gasteiger partial charge in [0, 0.05) is 30.5 Å². The first-order valence-corrected chi connectivity index (χ1v) is 10.0. The third-order valence-corrected chi connectivity index (χ3v) is 5.36. The highest BCUT2D eigenvalue weighted by Crippen LogP contribution is 2.28. The minimum Gasteiger partial charge on any atom is -0.336 e. The molecule has 2 amide bonds. The van der Waals surface area contributed by atoms with E-state index in [4.69, 9.17) is 0 Å². The Morgan fingerprint density at radius 2 is 1.87 bits per heavy atom. The summed E-state index contributed by atoms with van der Waals surface area (Å²) in [4.78, 5) is 25.9. The van der Waals surface area contributed by atoms with Crippen molar-refractivity contribution in [3.05, 3.63) is 66.4 Å². The van der Waals surface area contributed by atoms with Crippen molar-refractivity contribution >= 4 is 22.9 Å². The van der Waals surface area contributed by atoms with Crippen molar-refractivity contribution in [1.82, 2.24) is 19.9 Å². The second-order valence-corrected chi connectivity index (χ2v) is 7.51. The lowest BCUT2D eigenvalue weighted by molar-refractivity contribution is 0.222. The van der Waals surface area contributed by atoms with Crippen LogP contribution in [0.25, 0.3) is 33.7 Å². The summed E-state index contributed by atoms with van der Waals surface area (Å²) in [6.45, 7) is 1.45. The molecule has 2 aromatic carbocycles. The van der Waals surface area contributed by atoms with E-state index in [-0.39, 0.29) is 17.4 Å². The molecule has 31 heavy (non-hydrogen) atoms. The number of nitrogens with zero attached hydrogens (tertiary/aromatic N) is 3. The molecule has 0 bridgehead atoms. The van der Waals surface area contributed by atoms with Crippen LogP contribution < -0.4 is 5.32 Å². The van der Waals surface area contributed by atoms with Gasteiger partial charge in [-0.2, -0.15) is 0 Å². The number of anilines is 1. The van der Waals surface area contributed by atoms with Crippen LogP contribution in [0.3, 0.4) is 0 Å². The number of amides is 2. The largest absolute Gasteiger partial charge is 0.336 e. The number of likely N-dealkylation sites (tertiary alicyclic amines) is 1.